The molecule has 0 spiro atoms. The highest BCUT2D eigenvalue weighted by Crippen LogP contribution is 2.17. The molecule has 0 atom stereocenters. The predicted molar refractivity (Wildman–Crippen MR) is 55.7 cm³/mol. The Bertz CT molecular complexity index is 613. The maximum absolute atomic E-state index is 13.4. The third kappa shape index (κ3) is 4.43. The number of sulfonamides is 1. The minimum Gasteiger partial charge on any atom is -0.478 e. The van der Waals surface area contributed by atoms with Crippen LogP contribution in [0.1, 0.15) is 10.4 Å². The van der Waals surface area contributed by atoms with Crippen LogP contribution in [0.4, 0.5) is 17.6 Å². The van der Waals surface area contributed by atoms with Gasteiger partial charge in [0.05, 0.1) is 5.56 Å². The van der Waals surface area contributed by atoms with Crippen LogP contribution >= 0.6 is 0 Å². The van der Waals surface area contributed by atoms with Crippen LogP contribution in [0.3, 0.4) is 0 Å². The standard InChI is InChI=1S/C9H7F4NO5S/c10-6-3-5(8(15)16)1-2-7(6)20(17,18)14-19-4-9(11,12)13/h1-3,14H,4H2,(H,15,16). The second kappa shape index (κ2) is 5.73. The molecule has 6 nitrogen and oxygen atoms in total. The molecule has 0 radical (unpaired) electrons. The first-order valence-corrected chi connectivity index (χ1v) is 6.24. The van der Waals surface area contributed by atoms with Gasteiger partial charge in [-0.3, -0.25) is 4.84 Å². The molecule has 0 saturated carbocycles. The van der Waals surface area contributed by atoms with Gasteiger partial charge in [0, 0.05) is 0 Å². The fraction of sp³-hybridized carbons (Fsp3) is 0.222. The number of halogens is 4. The van der Waals surface area contributed by atoms with Crippen LogP contribution in [0.5, 0.6) is 0 Å². The zero-order valence-corrected chi connectivity index (χ0v) is 10.3. The highest BCUT2D eigenvalue weighted by molar-refractivity contribution is 7.89. The Labute approximate surface area is 110 Å². The van der Waals surface area contributed by atoms with Crippen LogP contribution in [-0.4, -0.2) is 32.3 Å². The quantitative estimate of drug-likeness (QED) is 0.631. The normalized spacial score (nSPS) is 12.4. The fourth-order valence-corrected chi connectivity index (χ4v) is 1.95. The van der Waals surface area contributed by atoms with Crippen molar-refractivity contribution in [1.82, 2.24) is 4.89 Å². The molecule has 0 fully saturated rings. The molecule has 2 N–H and O–H groups in total. The summed E-state index contributed by atoms with van der Waals surface area (Å²) in [6.45, 7) is -1.90. The van der Waals surface area contributed by atoms with E-state index in [1.165, 1.54) is 0 Å². The van der Waals surface area contributed by atoms with Crippen molar-refractivity contribution >= 4 is 16.0 Å². The van der Waals surface area contributed by atoms with Crippen molar-refractivity contribution in [3.05, 3.63) is 29.6 Å². The van der Waals surface area contributed by atoms with Crippen LogP contribution in [0.25, 0.3) is 0 Å². The van der Waals surface area contributed by atoms with Crippen molar-refractivity contribution in [3.8, 4) is 0 Å². The molecule has 1 rings (SSSR count). The number of alkyl halides is 3. The fourth-order valence-electron chi connectivity index (χ4n) is 1.09. The lowest BCUT2D eigenvalue weighted by Crippen LogP contribution is -2.30. The van der Waals surface area contributed by atoms with Crippen LogP contribution < -0.4 is 4.89 Å². The average molecular weight is 317 g/mol. The monoisotopic (exact) mass is 317 g/mol. The third-order valence-corrected chi connectivity index (χ3v) is 3.12. The van der Waals surface area contributed by atoms with Crippen LogP contribution in [0, 0.1) is 5.82 Å². The van der Waals surface area contributed by atoms with Crippen LogP contribution in [0.15, 0.2) is 23.1 Å². The molecule has 0 aliphatic rings. The van der Waals surface area contributed by atoms with Gasteiger partial charge in [0.25, 0.3) is 10.0 Å². The molecule has 0 aliphatic heterocycles. The van der Waals surface area contributed by atoms with Gasteiger partial charge in [-0.1, -0.05) is 4.89 Å². The summed E-state index contributed by atoms with van der Waals surface area (Å²) in [5.74, 6) is -2.93. The number of carboxylic acids is 1. The van der Waals surface area contributed by atoms with E-state index in [-0.39, 0.29) is 0 Å². The highest BCUT2D eigenvalue weighted by atomic mass is 32.2. The molecule has 0 aliphatic carbocycles. The topological polar surface area (TPSA) is 92.7 Å². The Morgan fingerprint density at radius 3 is 2.40 bits per heavy atom. The summed E-state index contributed by atoms with van der Waals surface area (Å²) in [5.41, 5.74) is -0.516. The number of hydrogen-bond acceptors (Lipinski definition) is 4. The first kappa shape index (κ1) is 16.3. The van der Waals surface area contributed by atoms with Gasteiger partial charge in [-0.2, -0.15) is 13.2 Å². The molecule has 0 heterocycles. The molecule has 20 heavy (non-hydrogen) atoms. The molecule has 1 aromatic rings. The van der Waals surface area contributed by atoms with E-state index in [9.17, 15) is 30.8 Å². The number of rotatable bonds is 5. The summed E-state index contributed by atoms with van der Waals surface area (Å²) < 4.78 is 71.5. The average Bonchev–Trinajstić information content (AvgIpc) is 2.26. The Morgan fingerprint density at radius 1 is 1.35 bits per heavy atom. The lowest BCUT2D eigenvalue weighted by molar-refractivity contribution is -0.181. The van der Waals surface area contributed by atoms with Gasteiger partial charge in [0.1, 0.15) is 10.7 Å². The number of aromatic carboxylic acids is 1. The van der Waals surface area contributed by atoms with Crippen LogP contribution in [0.2, 0.25) is 0 Å². The zero-order valence-electron chi connectivity index (χ0n) is 9.44. The number of hydrogen-bond donors (Lipinski definition) is 2. The van der Waals surface area contributed by atoms with Crippen molar-refractivity contribution in [2.75, 3.05) is 6.61 Å². The van der Waals surface area contributed by atoms with Crippen molar-refractivity contribution in [1.29, 1.82) is 0 Å². The van der Waals surface area contributed by atoms with E-state index in [1.807, 2.05) is 0 Å². The lowest BCUT2D eigenvalue weighted by atomic mass is 10.2. The van der Waals surface area contributed by atoms with E-state index in [0.29, 0.717) is 12.1 Å². The largest absolute Gasteiger partial charge is 0.478 e. The highest BCUT2D eigenvalue weighted by Gasteiger charge is 2.29. The summed E-state index contributed by atoms with van der Waals surface area (Å²) in [4.78, 5) is 14.3. The van der Waals surface area contributed by atoms with Crippen molar-refractivity contribution in [3.63, 3.8) is 0 Å². The van der Waals surface area contributed by atoms with E-state index in [2.05, 4.69) is 4.84 Å². The van der Waals surface area contributed by atoms with Gasteiger partial charge in [0.2, 0.25) is 0 Å². The van der Waals surface area contributed by atoms with Gasteiger partial charge in [-0.05, 0) is 18.2 Å². The van der Waals surface area contributed by atoms with E-state index >= 15 is 0 Å². The van der Waals surface area contributed by atoms with E-state index in [0.717, 1.165) is 11.0 Å². The third-order valence-electron chi connectivity index (χ3n) is 1.87. The molecule has 11 heteroatoms. The maximum atomic E-state index is 13.4. The van der Waals surface area contributed by atoms with E-state index in [4.69, 9.17) is 5.11 Å². The molecule has 0 bridgehead atoms. The molecule has 0 saturated heterocycles. The molecule has 0 amide bonds. The molecular weight excluding hydrogens is 310 g/mol. The minimum absolute atomic E-state index is 0.417. The van der Waals surface area contributed by atoms with Crippen molar-refractivity contribution in [2.24, 2.45) is 0 Å². The Hall–Kier alpha value is -1.72. The van der Waals surface area contributed by atoms with Gasteiger partial charge in [0.15, 0.2) is 6.61 Å². The lowest BCUT2D eigenvalue weighted by Gasteiger charge is -2.10. The molecule has 0 unspecified atom stereocenters. The summed E-state index contributed by atoms with van der Waals surface area (Å²) >= 11 is 0. The Morgan fingerprint density at radius 2 is 1.95 bits per heavy atom. The first-order chi connectivity index (χ1) is 9.03. The smallest absolute Gasteiger partial charge is 0.413 e. The second-order valence-corrected chi connectivity index (χ2v) is 5.05. The summed E-state index contributed by atoms with van der Waals surface area (Å²) in [7, 11) is -4.70. The van der Waals surface area contributed by atoms with Crippen molar-refractivity contribution < 1.29 is 40.7 Å². The molecule has 112 valence electrons. The molecular formula is C9H7F4NO5S. The summed E-state index contributed by atoms with van der Waals surface area (Å²) in [5, 5.41) is 8.55. The van der Waals surface area contributed by atoms with Crippen molar-refractivity contribution in [2.45, 2.75) is 11.1 Å². The number of benzene rings is 1. The molecule has 0 aromatic heterocycles. The zero-order chi connectivity index (χ0) is 15.6. The summed E-state index contributed by atoms with van der Waals surface area (Å²) in [6, 6.07) is 1.79. The van der Waals surface area contributed by atoms with Gasteiger partial charge < -0.3 is 5.11 Å². The first-order valence-electron chi connectivity index (χ1n) is 4.76. The van der Waals surface area contributed by atoms with E-state index < -0.39 is 45.1 Å². The predicted octanol–water partition coefficient (Wildman–Crippen LogP) is 1.30. The minimum atomic E-state index is -4.77. The number of carboxylic acid groups (broad SMARTS) is 1. The maximum Gasteiger partial charge on any atom is 0.413 e. The molecule has 1 aromatic carbocycles. The van der Waals surface area contributed by atoms with Gasteiger partial charge >= 0.3 is 12.1 Å². The van der Waals surface area contributed by atoms with Gasteiger partial charge in [-0.25, -0.2) is 17.6 Å². The number of nitrogens with one attached hydrogen (secondary N) is 1. The Kier molecular flexibility index (Phi) is 4.68. The van der Waals surface area contributed by atoms with E-state index in [1.54, 1.807) is 0 Å². The number of carbonyl (C=O) groups is 1. The van der Waals surface area contributed by atoms with Gasteiger partial charge in [-0.15, -0.1) is 0 Å². The summed E-state index contributed by atoms with van der Waals surface area (Å²) in [6.07, 6.45) is -4.77. The second-order valence-electron chi connectivity index (χ2n) is 3.44. The SMILES string of the molecule is O=C(O)c1ccc(S(=O)(=O)NOCC(F)(F)F)c(F)c1. The van der Waals surface area contributed by atoms with Crippen LogP contribution in [-0.2, 0) is 14.9 Å². The Balaban J connectivity index is 2.91.